The topological polar surface area (TPSA) is 163 Å². The zero-order valence-corrected chi connectivity index (χ0v) is 14.4. The van der Waals surface area contributed by atoms with Gasteiger partial charge >= 0.3 is 5.97 Å². The third-order valence-corrected chi connectivity index (χ3v) is 4.52. The van der Waals surface area contributed by atoms with Crippen molar-refractivity contribution in [3.05, 3.63) is 42.5 Å². The first-order valence-electron chi connectivity index (χ1n) is 8.40. The lowest BCUT2D eigenvalue weighted by Crippen LogP contribution is -2.33. The average molecular weight is 387 g/mol. The van der Waals surface area contributed by atoms with Gasteiger partial charge in [-0.15, -0.1) is 0 Å². The molecule has 1 fully saturated rings. The second-order valence-electron chi connectivity index (χ2n) is 6.29. The van der Waals surface area contributed by atoms with Gasteiger partial charge in [0, 0.05) is 5.69 Å². The SMILES string of the molecule is O=C(O)c1cccc(Nc2ncnc3c2ncn3[C@@H]2O[C@H](CO)[C@@H](O)[C@H]2O)c1. The number of carboxylic acids is 1. The van der Waals surface area contributed by atoms with E-state index >= 15 is 0 Å². The molecule has 146 valence electrons. The third-order valence-electron chi connectivity index (χ3n) is 4.52. The first kappa shape index (κ1) is 18.3. The molecule has 1 aliphatic heterocycles. The molecule has 11 heteroatoms. The number of anilines is 2. The second-order valence-corrected chi connectivity index (χ2v) is 6.29. The van der Waals surface area contributed by atoms with Crippen LogP contribution in [-0.4, -0.2) is 70.8 Å². The molecule has 0 spiro atoms. The number of aromatic carboxylic acids is 1. The van der Waals surface area contributed by atoms with Gasteiger partial charge in [-0.05, 0) is 18.2 Å². The molecule has 4 rings (SSSR count). The number of nitrogens with one attached hydrogen (secondary N) is 1. The summed E-state index contributed by atoms with van der Waals surface area (Å²) in [6, 6.07) is 6.21. The summed E-state index contributed by atoms with van der Waals surface area (Å²) in [4.78, 5) is 23.7. The van der Waals surface area contributed by atoms with Crippen molar-refractivity contribution in [2.24, 2.45) is 0 Å². The van der Waals surface area contributed by atoms with E-state index in [1.54, 1.807) is 12.1 Å². The summed E-state index contributed by atoms with van der Waals surface area (Å²) in [7, 11) is 0. The number of imidazole rings is 1. The van der Waals surface area contributed by atoms with Gasteiger partial charge in [0.05, 0.1) is 18.5 Å². The standard InChI is InChI=1S/C17H17N5O6/c23-5-10-12(24)13(25)16(28-10)22-7-20-11-14(18-6-19-15(11)22)21-9-3-1-2-8(4-9)17(26)27/h1-4,6-7,10,12-13,16,23-25H,5H2,(H,26,27)(H,18,19,21)/t10-,12-,13-,16-/m1/s1. The molecule has 28 heavy (non-hydrogen) atoms. The number of aliphatic hydroxyl groups is 3. The van der Waals surface area contributed by atoms with Crippen LogP contribution in [0.25, 0.3) is 11.2 Å². The number of carboxylic acid groups (broad SMARTS) is 1. The Bertz CT molecular complexity index is 1020. The first-order valence-corrected chi connectivity index (χ1v) is 8.40. The van der Waals surface area contributed by atoms with Gasteiger partial charge in [0.25, 0.3) is 0 Å². The summed E-state index contributed by atoms with van der Waals surface area (Å²) in [5.41, 5.74) is 1.32. The van der Waals surface area contributed by atoms with Crippen LogP contribution in [-0.2, 0) is 4.74 Å². The molecule has 4 atom stereocenters. The summed E-state index contributed by atoms with van der Waals surface area (Å²) in [6.45, 7) is -0.441. The van der Waals surface area contributed by atoms with E-state index in [4.69, 9.17) is 9.84 Å². The van der Waals surface area contributed by atoms with Crippen molar-refractivity contribution in [1.29, 1.82) is 0 Å². The Morgan fingerprint density at radius 2 is 2.04 bits per heavy atom. The minimum Gasteiger partial charge on any atom is -0.478 e. The molecule has 2 aromatic heterocycles. The van der Waals surface area contributed by atoms with Gasteiger partial charge in [0.2, 0.25) is 0 Å². The average Bonchev–Trinajstić information content (AvgIpc) is 3.24. The van der Waals surface area contributed by atoms with Crippen LogP contribution in [0.5, 0.6) is 0 Å². The van der Waals surface area contributed by atoms with Crippen LogP contribution >= 0.6 is 0 Å². The number of carbonyl (C=O) groups is 1. The van der Waals surface area contributed by atoms with E-state index < -0.39 is 37.1 Å². The van der Waals surface area contributed by atoms with Crippen LogP contribution in [0.15, 0.2) is 36.9 Å². The normalized spacial score (nSPS) is 24.5. The Hall–Kier alpha value is -3.12. The number of hydrogen-bond donors (Lipinski definition) is 5. The molecule has 1 aromatic carbocycles. The van der Waals surface area contributed by atoms with Crippen LogP contribution < -0.4 is 5.32 Å². The molecule has 0 amide bonds. The number of hydrogen-bond acceptors (Lipinski definition) is 9. The van der Waals surface area contributed by atoms with Crippen LogP contribution in [0, 0.1) is 0 Å². The van der Waals surface area contributed by atoms with E-state index in [2.05, 4.69) is 20.3 Å². The number of nitrogens with zero attached hydrogens (tertiary/aromatic N) is 4. The van der Waals surface area contributed by atoms with Gasteiger partial charge in [-0.25, -0.2) is 19.7 Å². The number of benzene rings is 1. The molecule has 3 aromatic rings. The largest absolute Gasteiger partial charge is 0.478 e. The summed E-state index contributed by atoms with van der Waals surface area (Å²) >= 11 is 0. The quantitative estimate of drug-likeness (QED) is 0.399. The van der Waals surface area contributed by atoms with Crippen LogP contribution in [0.1, 0.15) is 16.6 Å². The maximum atomic E-state index is 11.1. The molecular weight excluding hydrogens is 370 g/mol. The lowest BCUT2D eigenvalue weighted by molar-refractivity contribution is -0.0511. The summed E-state index contributed by atoms with van der Waals surface area (Å²) in [5.74, 6) is -0.719. The molecule has 0 unspecified atom stereocenters. The number of aromatic nitrogens is 4. The highest BCUT2D eigenvalue weighted by Gasteiger charge is 2.44. The molecule has 1 aliphatic rings. The predicted molar refractivity (Wildman–Crippen MR) is 95.0 cm³/mol. The molecule has 0 aliphatic carbocycles. The Morgan fingerprint density at radius 3 is 2.75 bits per heavy atom. The first-order chi connectivity index (χ1) is 13.5. The fourth-order valence-corrected chi connectivity index (χ4v) is 3.11. The van der Waals surface area contributed by atoms with Gasteiger partial charge in [0.1, 0.15) is 24.6 Å². The molecule has 11 nitrogen and oxygen atoms in total. The lowest BCUT2D eigenvalue weighted by atomic mass is 10.1. The molecule has 1 saturated heterocycles. The van der Waals surface area contributed by atoms with Crippen LogP contribution in [0.4, 0.5) is 11.5 Å². The summed E-state index contributed by atoms with van der Waals surface area (Å²) in [6.07, 6.45) is -1.74. The number of fused-ring (bicyclic) bond motifs is 1. The third kappa shape index (κ3) is 3.05. The van der Waals surface area contributed by atoms with Crippen molar-refractivity contribution in [3.63, 3.8) is 0 Å². The van der Waals surface area contributed by atoms with E-state index in [1.165, 1.54) is 29.4 Å². The molecule has 0 bridgehead atoms. The Kier molecular flexibility index (Phi) is 4.65. The van der Waals surface area contributed by atoms with Crippen molar-refractivity contribution in [2.45, 2.75) is 24.5 Å². The monoisotopic (exact) mass is 387 g/mol. The Balaban J connectivity index is 1.68. The number of aliphatic hydroxyl groups excluding tert-OH is 3. The van der Waals surface area contributed by atoms with E-state index in [-0.39, 0.29) is 5.56 Å². The minimum atomic E-state index is -1.27. The summed E-state index contributed by atoms with van der Waals surface area (Å²) < 4.78 is 6.96. The Labute approximate surface area is 157 Å². The van der Waals surface area contributed by atoms with Crippen molar-refractivity contribution in [1.82, 2.24) is 19.5 Å². The number of rotatable bonds is 5. The Morgan fingerprint density at radius 1 is 1.21 bits per heavy atom. The van der Waals surface area contributed by atoms with Gasteiger partial charge in [-0.3, -0.25) is 4.57 Å². The van der Waals surface area contributed by atoms with Crippen molar-refractivity contribution in [3.8, 4) is 0 Å². The van der Waals surface area contributed by atoms with Crippen molar-refractivity contribution in [2.75, 3.05) is 11.9 Å². The zero-order valence-electron chi connectivity index (χ0n) is 14.4. The van der Waals surface area contributed by atoms with Crippen LogP contribution in [0.3, 0.4) is 0 Å². The fraction of sp³-hybridized carbons (Fsp3) is 0.294. The van der Waals surface area contributed by atoms with E-state index in [0.717, 1.165) is 0 Å². The zero-order chi connectivity index (χ0) is 19.8. The maximum absolute atomic E-state index is 11.1. The summed E-state index contributed by atoms with van der Waals surface area (Å²) in [5, 5.41) is 41.6. The van der Waals surface area contributed by atoms with E-state index in [0.29, 0.717) is 22.7 Å². The maximum Gasteiger partial charge on any atom is 0.335 e. The molecule has 0 saturated carbocycles. The fourth-order valence-electron chi connectivity index (χ4n) is 3.11. The van der Waals surface area contributed by atoms with Gasteiger partial charge in [-0.2, -0.15) is 0 Å². The number of ether oxygens (including phenoxy) is 1. The lowest BCUT2D eigenvalue weighted by Gasteiger charge is -2.16. The van der Waals surface area contributed by atoms with Crippen molar-refractivity contribution >= 4 is 28.6 Å². The minimum absolute atomic E-state index is 0.118. The van der Waals surface area contributed by atoms with Gasteiger partial charge in [-0.1, -0.05) is 6.07 Å². The van der Waals surface area contributed by atoms with E-state index in [1.807, 2.05) is 0 Å². The smallest absolute Gasteiger partial charge is 0.335 e. The second kappa shape index (κ2) is 7.13. The molecule has 5 N–H and O–H groups in total. The van der Waals surface area contributed by atoms with Crippen molar-refractivity contribution < 1.29 is 30.0 Å². The molecular formula is C17H17N5O6. The predicted octanol–water partition coefficient (Wildman–Crippen LogP) is -0.120. The van der Waals surface area contributed by atoms with Crippen LogP contribution in [0.2, 0.25) is 0 Å². The highest BCUT2D eigenvalue weighted by Crippen LogP contribution is 2.32. The highest BCUT2D eigenvalue weighted by atomic mass is 16.6. The molecule has 3 heterocycles. The van der Waals surface area contributed by atoms with Gasteiger partial charge in [0.15, 0.2) is 23.2 Å². The molecule has 0 radical (unpaired) electrons. The van der Waals surface area contributed by atoms with E-state index in [9.17, 15) is 20.1 Å². The highest BCUT2D eigenvalue weighted by molar-refractivity contribution is 5.90. The van der Waals surface area contributed by atoms with Gasteiger partial charge < -0.3 is 30.5 Å².